The summed E-state index contributed by atoms with van der Waals surface area (Å²) in [6.45, 7) is 2.93. The van der Waals surface area contributed by atoms with Gasteiger partial charge < -0.3 is 14.5 Å². The molecule has 1 aliphatic heterocycles. The minimum Gasteiger partial charge on any atom is -0.388 e. The minimum absolute atomic E-state index is 0.0706. The average Bonchev–Trinajstić information content (AvgIpc) is 3.01. The van der Waals surface area contributed by atoms with Gasteiger partial charge in [-0.2, -0.15) is 0 Å². The van der Waals surface area contributed by atoms with Gasteiger partial charge in [-0.15, -0.1) is 0 Å². The van der Waals surface area contributed by atoms with Crippen molar-refractivity contribution in [2.24, 2.45) is 0 Å². The van der Waals surface area contributed by atoms with E-state index in [0.29, 0.717) is 29.9 Å². The van der Waals surface area contributed by atoms with Gasteiger partial charge in [-0.05, 0) is 50.5 Å². The summed E-state index contributed by atoms with van der Waals surface area (Å²) >= 11 is 0. The second-order valence-electron chi connectivity index (χ2n) is 5.81. The highest BCUT2D eigenvalue weighted by Crippen LogP contribution is 2.31. The highest BCUT2D eigenvalue weighted by molar-refractivity contribution is 5.94. The van der Waals surface area contributed by atoms with E-state index in [2.05, 4.69) is 5.16 Å². The van der Waals surface area contributed by atoms with Crippen LogP contribution in [0.25, 0.3) is 11.3 Å². The molecule has 2 aromatic rings. The number of aliphatic hydroxyl groups is 1. The normalized spacial score (nSPS) is 16.4. The van der Waals surface area contributed by atoms with Crippen LogP contribution in [0.5, 0.6) is 0 Å². The van der Waals surface area contributed by atoms with Crippen LogP contribution in [0.3, 0.4) is 0 Å². The molecule has 1 aliphatic rings. The lowest BCUT2D eigenvalue weighted by Gasteiger charge is -2.26. The van der Waals surface area contributed by atoms with E-state index >= 15 is 0 Å². The summed E-state index contributed by atoms with van der Waals surface area (Å²) in [6, 6.07) is 5.71. The number of benzene rings is 1. The number of aromatic nitrogens is 1. The van der Waals surface area contributed by atoms with Crippen molar-refractivity contribution in [3.63, 3.8) is 0 Å². The van der Waals surface area contributed by atoms with Gasteiger partial charge >= 0.3 is 0 Å². The lowest BCUT2D eigenvalue weighted by molar-refractivity contribution is 0.0674. The molecule has 0 aliphatic carbocycles. The Labute approximate surface area is 133 Å². The van der Waals surface area contributed by atoms with Crippen molar-refractivity contribution in [3.05, 3.63) is 41.4 Å². The van der Waals surface area contributed by atoms with Crippen molar-refractivity contribution in [3.8, 4) is 11.3 Å². The minimum atomic E-state index is -0.912. The number of hydrogen-bond donors (Lipinski definition) is 1. The van der Waals surface area contributed by atoms with E-state index in [0.717, 1.165) is 19.3 Å². The molecule has 1 aromatic carbocycles. The maximum absolute atomic E-state index is 13.1. The number of halogens is 1. The van der Waals surface area contributed by atoms with Gasteiger partial charge in [-0.25, -0.2) is 4.39 Å². The highest BCUT2D eigenvalue weighted by Gasteiger charge is 2.30. The number of rotatable bonds is 3. The van der Waals surface area contributed by atoms with Crippen molar-refractivity contribution in [1.82, 2.24) is 10.1 Å². The first-order chi connectivity index (χ1) is 11.1. The fraction of sp³-hybridized carbons (Fsp3) is 0.412. The van der Waals surface area contributed by atoms with Gasteiger partial charge in [0.15, 0.2) is 0 Å². The molecule has 3 rings (SSSR count). The van der Waals surface area contributed by atoms with Crippen molar-refractivity contribution < 1.29 is 18.8 Å². The van der Waals surface area contributed by atoms with Crippen molar-refractivity contribution in [1.29, 1.82) is 0 Å². The van der Waals surface area contributed by atoms with E-state index in [9.17, 15) is 14.3 Å². The molecular weight excluding hydrogens is 299 g/mol. The van der Waals surface area contributed by atoms with Crippen molar-refractivity contribution in [2.45, 2.75) is 32.3 Å². The van der Waals surface area contributed by atoms with Gasteiger partial charge in [0.1, 0.15) is 11.5 Å². The van der Waals surface area contributed by atoms with Crippen LogP contribution in [0.4, 0.5) is 4.39 Å². The summed E-state index contributed by atoms with van der Waals surface area (Å²) in [7, 11) is 0. The molecule has 6 heteroatoms. The summed E-state index contributed by atoms with van der Waals surface area (Å²) < 4.78 is 18.3. The fourth-order valence-corrected chi connectivity index (χ4v) is 2.90. The Balaban J connectivity index is 1.98. The van der Waals surface area contributed by atoms with E-state index in [4.69, 9.17) is 4.52 Å². The monoisotopic (exact) mass is 318 g/mol. The summed E-state index contributed by atoms with van der Waals surface area (Å²) in [5.74, 6) is -0.539. The molecule has 0 saturated carbocycles. The van der Waals surface area contributed by atoms with Crippen LogP contribution in [0.1, 0.15) is 48.4 Å². The lowest BCUT2D eigenvalue weighted by Crippen LogP contribution is -2.36. The third kappa shape index (κ3) is 3.12. The van der Waals surface area contributed by atoms with Crippen LogP contribution in [0.2, 0.25) is 0 Å². The largest absolute Gasteiger partial charge is 0.388 e. The van der Waals surface area contributed by atoms with Gasteiger partial charge in [-0.1, -0.05) is 5.16 Å². The van der Waals surface area contributed by atoms with Crippen molar-refractivity contribution >= 4 is 5.91 Å². The van der Waals surface area contributed by atoms with Crippen molar-refractivity contribution in [2.75, 3.05) is 13.1 Å². The van der Waals surface area contributed by atoms with Crippen LogP contribution in [0, 0.1) is 5.82 Å². The third-order valence-electron chi connectivity index (χ3n) is 4.10. The second kappa shape index (κ2) is 6.50. The van der Waals surface area contributed by atoms with E-state index in [1.165, 1.54) is 12.1 Å². The molecule has 5 nitrogen and oxygen atoms in total. The number of piperidine rings is 1. The SMILES string of the molecule is CC(O)c1c(-c2ccc(F)cc2)noc1C(=O)N1CCCCC1. The Hall–Kier alpha value is -2.21. The smallest absolute Gasteiger partial charge is 0.292 e. The molecule has 0 bridgehead atoms. The molecule has 1 atom stereocenters. The zero-order chi connectivity index (χ0) is 16.4. The van der Waals surface area contributed by atoms with Gasteiger partial charge in [0, 0.05) is 18.7 Å². The van der Waals surface area contributed by atoms with Crippen LogP contribution in [-0.2, 0) is 0 Å². The molecule has 23 heavy (non-hydrogen) atoms. The summed E-state index contributed by atoms with van der Waals surface area (Å²) in [5, 5.41) is 14.0. The zero-order valence-corrected chi connectivity index (χ0v) is 13.0. The van der Waals surface area contributed by atoms with E-state index < -0.39 is 6.10 Å². The number of likely N-dealkylation sites (tertiary alicyclic amines) is 1. The first-order valence-electron chi connectivity index (χ1n) is 7.81. The maximum atomic E-state index is 13.1. The molecule has 1 unspecified atom stereocenters. The Morgan fingerprint density at radius 1 is 1.26 bits per heavy atom. The van der Waals surface area contributed by atoms with Gasteiger partial charge in [0.25, 0.3) is 5.91 Å². The van der Waals surface area contributed by atoms with Crippen LogP contribution in [-0.4, -0.2) is 34.2 Å². The number of nitrogens with zero attached hydrogens (tertiary/aromatic N) is 2. The molecule has 1 amide bonds. The Morgan fingerprint density at radius 2 is 1.91 bits per heavy atom. The number of aliphatic hydroxyl groups excluding tert-OH is 1. The fourth-order valence-electron chi connectivity index (χ4n) is 2.90. The number of carbonyl (C=O) groups excluding carboxylic acids is 1. The zero-order valence-electron chi connectivity index (χ0n) is 13.0. The summed E-state index contributed by atoms with van der Waals surface area (Å²) in [4.78, 5) is 14.4. The Morgan fingerprint density at radius 3 is 2.52 bits per heavy atom. The first kappa shape index (κ1) is 15.7. The van der Waals surface area contributed by atoms with Crippen LogP contribution in [0.15, 0.2) is 28.8 Å². The molecule has 1 aromatic heterocycles. The molecule has 1 saturated heterocycles. The summed E-state index contributed by atoms with van der Waals surface area (Å²) in [6.07, 6.45) is 2.14. The standard InChI is InChI=1S/C17H19FN2O3/c1-11(21)14-15(12-5-7-13(18)8-6-12)19-23-16(14)17(22)20-9-3-2-4-10-20/h5-8,11,21H,2-4,9-10H2,1H3. The number of amides is 1. The number of carbonyl (C=O) groups is 1. The van der Waals surface area contributed by atoms with Gasteiger partial charge in [-0.3, -0.25) is 4.79 Å². The van der Waals surface area contributed by atoms with Crippen LogP contribution < -0.4 is 0 Å². The predicted molar refractivity (Wildman–Crippen MR) is 82.3 cm³/mol. The first-order valence-corrected chi connectivity index (χ1v) is 7.81. The predicted octanol–water partition coefficient (Wildman–Crippen LogP) is 3.16. The molecule has 0 radical (unpaired) electrons. The summed E-state index contributed by atoms with van der Waals surface area (Å²) in [5.41, 5.74) is 1.33. The molecule has 0 spiro atoms. The maximum Gasteiger partial charge on any atom is 0.292 e. The van der Waals surface area contributed by atoms with E-state index in [1.807, 2.05) is 0 Å². The molecule has 122 valence electrons. The molecule has 1 fully saturated rings. The quantitative estimate of drug-likeness (QED) is 0.944. The van der Waals surface area contributed by atoms with E-state index in [1.54, 1.807) is 24.0 Å². The highest BCUT2D eigenvalue weighted by atomic mass is 19.1. The molecule has 2 heterocycles. The Bertz CT molecular complexity index is 688. The average molecular weight is 318 g/mol. The second-order valence-corrected chi connectivity index (χ2v) is 5.81. The lowest BCUT2D eigenvalue weighted by atomic mass is 10.0. The van der Waals surface area contributed by atoms with E-state index in [-0.39, 0.29) is 17.5 Å². The Kier molecular flexibility index (Phi) is 4.43. The third-order valence-corrected chi connectivity index (χ3v) is 4.10. The van der Waals surface area contributed by atoms with Crippen LogP contribution >= 0.6 is 0 Å². The molecule has 1 N–H and O–H groups in total. The number of hydrogen-bond acceptors (Lipinski definition) is 4. The van der Waals surface area contributed by atoms with Gasteiger partial charge in [0.05, 0.1) is 11.7 Å². The van der Waals surface area contributed by atoms with Gasteiger partial charge in [0.2, 0.25) is 5.76 Å². The topological polar surface area (TPSA) is 66.6 Å². The molecular formula is C17H19FN2O3.